The SMILES string of the molecule is C#C.C=CCN(CC=C)c1nc2c(c(CC(=C)C)cn2C)c(=O)n1C.CC/C=C(/C)CC. The summed E-state index contributed by atoms with van der Waals surface area (Å²) in [5.41, 5.74) is 4.14. The Morgan fingerprint density at radius 2 is 1.72 bits per heavy atom. The molecule has 0 saturated carbocycles. The van der Waals surface area contributed by atoms with E-state index in [4.69, 9.17) is 4.98 Å². The van der Waals surface area contributed by atoms with Crippen LogP contribution >= 0.6 is 0 Å². The van der Waals surface area contributed by atoms with E-state index in [0.29, 0.717) is 36.5 Å². The summed E-state index contributed by atoms with van der Waals surface area (Å²) >= 11 is 0. The van der Waals surface area contributed by atoms with Gasteiger partial charge in [-0.05, 0) is 38.7 Å². The van der Waals surface area contributed by atoms with Gasteiger partial charge in [-0.1, -0.05) is 49.8 Å². The molecule has 0 bridgehead atoms. The van der Waals surface area contributed by atoms with Gasteiger partial charge in [0, 0.05) is 33.4 Å². The Morgan fingerprint density at radius 1 is 1.16 bits per heavy atom. The van der Waals surface area contributed by atoms with E-state index in [-0.39, 0.29) is 5.56 Å². The normalized spacial score (nSPS) is 10.4. The number of rotatable bonds is 9. The van der Waals surface area contributed by atoms with Crippen molar-refractivity contribution in [1.29, 1.82) is 0 Å². The number of aryl methyl sites for hydroxylation is 1. The molecular formula is C27H40N4O. The number of hydrogen-bond acceptors (Lipinski definition) is 3. The summed E-state index contributed by atoms with van der Waals surface area (Å²) in [5, 5.41) is 0.666. The van der Waals surface area contributed by atoms with Gasteiger partial charge in [-0.2, -0.15) is 4.98 Å². The molecule has 0 aliphatic rings. The number of terminal acetylenes is 1. The molecule has 0 N–H and O–H groups in total. The Labute approximate surface area is 194 Å². The predicted octanol–water partition coefficient (Wildman–Crippen LogP) is 5.57. The molecule has 32 heavy (non-hydrogen) atoms. The lowest BCUT2D eigenvalue weighted by Crippen LogP contribution is -2.32. The number of fused-ring (bicyclic) bond motifs is 1. The Kier molecular flexibility index (Phi) is 13.2. The van der Waals surface area contributed by atoms with Crippen LogP contribution < -0.4 is 10.5 Å². The molecule has 5 nitrogen and oxygen atoms in total. The number of nitrogens with zero attached hydrogens (tertiary/aromatic N) is 4. The van der Waals surface area contributed by atoms with Crippen LogP contribution in [0.2, 0.25) is 0 Å². The van der Waals surface area contributed by atoms with Gasteiger partial charge in [0.25, 0.3) is 5.56 Å². The van der Waals surface area contributed by atoms with E-state index in [1.165, 1.54) is 18.4 Å². The van der Waals surface area contributed by atoms with Gasteiger partial charge in [-0.3, -0.25) is 9.36 Å². The summed E-state index contributed by atoms with van der Waals surface area (Å²) in [5.74, 6) is 0.616. The van der Waals surface area contributed by atoms with Crippen LogP contribution in [0.4, 0.5) is 5.95 Å². The fourth-order valence-corrected chi connectivity index (χ4v) is 3.26. The minimum absolute atomic E-state index is 0.0417. The second kappa shape index (κ2) is 14.7. The molecule has 5 heteroatoms. The molecule has 0 aromatic carbocycles. The molecule has 2 rings (SSSR count). The fraction of sp³-hybridized carbons (Fsp3) is 0.407. The first-order valence-corrected chi connectivity index (χ1v) is 10.9. The van der Waals surface area contributed by atoms with Crippen molar-refractivity contribution in [3.05, 3.63) is 71.2 Å². The van der Waals surface area contributed by atoms with Crippen LogP contribution in [0, 0.1) is 12.8 Å². The lowest BCUT2D eigenvalue weighted by Gasteiger charge is -2.22. The van der Waals surface area contributed by atoms with Crippen molar-refractivity contribution in [1.82, 2.24) is 14.1 Å². The van der Waals surface area contributed by atoms with Gasteiger partial charge in [0.1, 0.15) is 5.65 Å². The van der Waals surface area contributed by atoms with Crippen LogP contribution in [0.1, 0.15) is 46.1 Å². The van der Waals surface area contributed by atoms with Gasteiger partial charge in [0.2, 0.25) is 5.95 Å². The third-order valence-corrected chi connectivity index (χ3v) is 4.84. The van der Waals surface area contributed by atoms with E-state index in [2.05, 4.69) is 59.4 Å². The van der Waals surface area contributed by atoms with Crippen LogP contribution in [-0.4, -0.2) is 27.2 Å². The molecule has 0 amide bonds. The minimum Gasteiger partial charge on any atom is -0.335 e. The van der Waals surface area contributed by atoms with E-state index in [0.717, 1.165) is 11.1 Å². The van der Waals surface area contributed by atoms with Gasteiger partial charge >= 0.3 is 0 Å². The van der Waals surface area contributed by atoms with E-state index in [1.807, 2.05) is 29.6 Å². The molecule has 0 fully saturated rings. The lowest BCUT2D eigenvalue weighted by molar-refractivity contribution is 0.769. The van der Waals surface area contributed by atoms with Gasteiger partial charge in [-0.15, -0.1) is 26.0 Å². The highest BCUT2D eigenvalue weighted by Gasteiger charge is 2.18. The summed E-state index contributed by atoms with van der Waals surface area (Å²) in [6.07, 6.45) is 18.9. The zero-order chi connectivity index (χ0) is 24.8. The summed E-state index contributed by atoms with van der Waals surface area (Å²) in [6.45, 7) is 21.2. The van der Waals surface area contributed by atoms with Crippen molar-refractivity contribution < 1.29 is 0 Å². The first kappa shape index (κ1) is 28.7. The predicted molar refractivity (Wildman–Crippen MR) is 141 cm³/mol. The first-order valence-electron chi connectivity index (χ1n) is 10.9. The molecular weight excluding hydrogens is 396 g/mol. The third kappa shape index (κ3) is 7.77. The van der Waals surface area contributed by atoms with E-state index >= 15 is 0 Å². The average molecular weight is 437 g/mol. The number of allylic oxidation sites excluding steroid dienone is 3. The molecule has 174 valence electrons. The largest absolute Gasteiger partial charge is 0.335 e. The number of hydrogen-bond donors (Lipinski definition) is 0. The van der Waals surface area contributed by atoms with Crippen LogP contribution in [0.5, 0.6) is 0 Å². The van der Waals surface area contributed by atoms with Gasteiger partial charge in [-0.25, -0.2) is 0 Å². The van der Waals surface area contributed by atoms with Gasteiger partial charge in [0.15, 0.2) is 0 Å². The zero-order valence-corrected chi connectivity index (χ0v) is 20.8. The maximum atomic E-state index is 12.9. The van der Waals surface area contributed by atoms with Crippen molar-refractivity contribution in [2.24, 2.45) is 14.1 Å². The van der Waals surface area contributed by atoms with Crippen LogP contribution in [0.15, 0.2) is 60.1 Å². The summed E-state index contributed by atoms with van der Waals surface area (Å²) in [4.78, 5) is 19.6. The quantitative estimate of drug-likeness (QED) is 0.381. The highest BCUT2D eigenvalue weighted by molar-refractivity contribution is 5.81. The molecule has 2 aromatic heterocycles. The molecule has 0 radical (unpaired) electrons. The van der Waals surface area contributed by atoms with E-state index in [9.17, 15) is 4.79 Å². The van der Waals surface area contributed by atoms with Crippen molar-refractivity contribution in [2.45, 2.75) is 47.0 Å². The van der Waals surface area contributed by atoms with Crippen molar-refractivity contribution >= 4 is 17.0 Å². The monoisotopic (exact) mass is 436 g/mol. The van der Waals surface area contributed by atoms with Crippen molar-refractivity contribution in [3.8, 4) is 12.8 Å². The number of anilines is 1. The first-order chi connectivity index (χ1) is 15.2. The molecule has 0 spiro atoms. The summed E-state index contributed by atoms with van der Waals surface area (Å²) < 4.78 is 3.50. The maximum Gasteiger partial charge on any atom is 0.264 e. The Bertz CT molecular complexity index is 1010. The Morgan fingerprint density at radius 3 is 2.12 bits per heavy atom. The fourth-order valence-electron chi connectivity index (χ4n) is 3.26. The van der Waals surface area contributed by atoms with Crippen LogP contribution in [0.25, 0.3) is 11.0 Å². The molecule has 2 heterocycles. The molecule has 0 aliphatic heterocycles. The maximum absolute atomic E-state index is 12.9. The Hall–Kier alpha value is -3.26. The second-order valence-corrected chi connectivity index (χ2v) is 7.67. The average Bonchev–Trinajstić information content (AvgIpc) is 3.07. The van der Waals surface area contributed by atoms with Gasteiger partial charge < -0.3 is 9.47 Å². The standard InChI is InChI=1S/C18H24N4O.C7H14.C2H2/c1-7-9-22(10-8-2)18-19-16-15(17(23)21(18)6)14(11-13(3)4)12-20(16)5;1-4-6-7(3)5-2;1-2/h7-8,12H,1-3,9-11H2,4-6H3;6H,4-5H2,1-3H3;1-2H/b;7-6-;. The highest BCUT2D eigenvalue weighted by Crippen LogP contribution is 2.21. The van der Waals surface area contributed by atoms with Gasteiger partial charge in [0.05, 0.1) is 5.39 Å². The van der Waals surface area contributed by atoms with Crippen molar-refractivity contribution in [3.63, 3.8) is 0 Å². The third-order valence-electron chi connectivity index (χ3n) is 4.84. The highest BCUT2D eigenvalue weighted by atomic mass is 16.1. The molecule has 0 aliphatic carbocycles. The lowest BCUT2D eigenvalue weighted by atomic mass is 10.1. The second-order valence-electron chi connectivity index (χ2n) is 7.67. The number of aromatic nitrogens is 3. The summed E-state index contributed by atoms with van der Waals surface area (Å²) in [6, 6.07) is 0. The van der Waals surface area contributed by atoms with Crippen LogP contribution in [0.3, 0.4) is 0 Å². The molecule has 0 saturated heterocycles. The van der Waals surface area contributed by atoms with Crippen molar-refractivity contribution in [2.75, 3.05) is 18.0 Å². The molecule has 0 unspecified atom stereocenters. The summed E-state index contributed by atoms with van der Waals surface area (Å²) in [7, 11) is 3.66. The van der Waals surface area contributed by atoms with E-state index < -0.39 is 0 Å². The minimum atomic E-state index is -0.0417. The van der Waals surface area contributed by atoms with E-state index in [1.54, 1.807) is 23.8 Å². The molecule has 0 atom stereocenters. The van der Waals surface area contributed by atoms with Crippen LogP contribution in [-0.2, 0) is 20.5 Å². The topological polar surface area (TPSA) is 43.1 Å². The smallest absolute Gasteiger partial charge is 0.264 e. The molecule has 2 aromatic rings. The zero-order valence-electron chi connectivity index (χ0n) is 20.8. The Balaban J connectivity index is 0.000000911.